The van der Waals surface area contributed by atoms with E-state index in [0.717, 1.165) is 11.3 Å². The molecule has 0 saturated carbocycles. The summed E-state index contributed by atoms with van der Waals surface area (Å²) in [4.78, 5) is 14.5. The van der Waals surface area contributed by atoms with Crippen molar-refractivity contribution >= 4 is 5.91 Å². The van der Waals surface area contributed by atoms with Crippen LogP contribution in [0.4, 0.5) is 0 Å². The fourth-order valence-corrected chi connectivity index (χ4v) is 2.88. The van der Waals surface area contributed by atoms with Crippen molar-refractivity contribution in [2.75, 3.05) is 14.2 Å². The minimum atomic E-state index is -0.0955. The van der Waals surface area contributed by atoms with Gasteiger partial charge in [-0.3, -0.25) is 4.79 Å². The molecule has 0 spiro atoms. The average Bonchev–Trinajstić information content (AvgIpc) is 3.16. The lowest BCUT2D eigenvalue weighted by molar-refractivity contribution is 0.0784. The molecule has 0 saturated heterocycles. The Morgan fingerprint density at radius 3 is 2.57 bits per heavy atom. The van der Waals surface area contributed by atoms with E-state index < -0.39 is 0 Å². The highest BCUT2D eigenvalue weighted by atomic mass is 16.5. The lowest BCUT2D eigenvalue weighted by Crippen LogP contribution is -2.26. The molecular weight excluding hydrogens is 354 g/mol. The Hall–Kier alpha value is -3.28. The first kappa shape index (κ1) is 19.5. The van der Waals surface area contributed by atoms with Gasteiger partial charge in [-0.15, -0.1) is 0 Å². The van der Waals surface area contributed by atoms with Crippen molar-refractivity contribution in [1.82, 2.24) is 14.7 Å². The smallest absolute Gasteiger partial charge is 0.254 e. The lowest BCUT2D eigenvalue weighted by atomic mass is 10.1. The second-order valence-electron chi connectivity index (χ2n) is 6.82. The third-order valence-corrected chi connectivity index (χ3v) is 4.20. The van der Waals surface area contributed by atoms with Crippen LogP contribution < -0.4 is 9.47 Å². The Morgan fingerprint density at radius 1 is 1.14 bits per heavy atom. The van der Waals surface area contributed by atoms with E-state index >= 15 is 0 Å². The number of hydrogen-bond donors (Lipinski definition) is 0. The van der Waals surface area contributed by atoms with E-state index in [1.807, 2.05) is 50.4 Å². The molecule has 2 aromatic carbocycles. The molecule has 0 aliphatic carbocycles. The van der Waals surface area contributed by atoms with Crippen molar-refractivity contribution in [1.29, 1.82) is 0 Å². The van der Waals surface area contributed by atoms with E-state index in [9.17, 15) is 4.79 Å². The van der Waals surface area contributed by atoms with E-state index in [-0.39, 0.29) is 12.0 Å². The summed E-state index contributed by atoms with van der Waals surface area (Å²) in [6.45, 7) is 4.35. The van der Waals surface area contributed by atoms with Gasteiger partial charge in [-0.05, 0) is 44.2 Å². The van der Waals surface area contributed by atoms with E-state index in [0.29, 0.717) is 23.6 Å². The predicted molar refractivity (Wildman–Crippen MR) is 108 cm³/mol. The Kier molecular flexibility index (Phi) is 5.99. The van der Waals surface area contributed by atoms with Crippen molar-refractivity contribution in [2.45, 2.75) is 26.5 Å². The number of rotatable bonds is 7. The quantitative estimate of drug-likeness (QED) is 0.624. The van der Waals surface area contributed by atoms with Gasteiger partial charge in [0.2, 0.25) is 0 Å². The number of benzene rings is 2. The van der Waals surface area contributed by atoms with E-state index in [2.05, 4.69) is 5.10 Å². The number of carbonyl (C=O) groups excluding carboxylic acids is 1. The molecular formula is C22H25N3O3. The monoisotopic (exact) mass is 379 g/mol. The topological polar surface area (TPSA) is 56.6 Å². The van der Waals surface area contributed by atoms with Gasteiger partial charge in [0.25, 0.3) is 5.91 Å². The number of amides is 1. The summed E-state index contributed by atoms with van der Waals surface area (Å²) in [6.07, 6.45) is 3.73. The first-order valence-electron chi connectivity index (χ1n) is 9.17. The van der Waals surface area contributed by atoms with Gasteiger partial charge in [-0.25, -0.2) is 4.68 Å². The summed E-state index contributed by atoms with van der Waals surface area (Å²) in [5.74, 6) is 1.08. The van der Waals surface area contributed by atoms with Crippen LogP contribution in [-0.2, 0) is 6.54 Å². The van der Waals surface area contributed by atoms with Gasteiger partial charge >= 0.3 is 0 Å². The zero-order chi connectivity index (χ0) is 20.1. The number of para-hydroxylation sites is 1. The molecule has 6 nitrogen and oxygen atoms in total. The molecule has 0 aliphatic rings. The number of nitrogens with zero attached hydrogens (tertiary/aromatic N) is 3. The van der Waals surface area contributed by atoms with Gasteiger partial charge < -0.3 is 14.4 Å². The largest absolute Gasteiger partial charge is 0.493 e. The van der Waals surface area contributed by atoms with Crippen molar-refractivity contribution in [3.63, 3.8) is 0 Å². The van der Waals surface area contributed by atoms with Gasteiger partial charge in [-0.2, -0.15) is 5.10 Å². The Morgan fingerprint density at radius 2 is 1.89 bits per heavy atom. The molecule has 6 heteroatoms. The fraction of sp³-hybridized carbons (Fsp3) is 0.273. The van der Waals surface area contributed by atoms with E-state index in [4.69, 9.17) is 9.47 Å². The van der Waals surface area contributed by atoms with Crippen LogP contribution in [0.5, 0.6) is 11.5 Å². The van der Waals surface area contributed by atoms with Crippen LogP contribution in [0.1, 0.15) is 29.8 Å². The van der Waals surface area contributed by atoms with Gasteiger partial charge in [0.05, 0.1) is 25.1 Å². The molecule has 0 aliphatic heterocycles. The Bertz CT molecular complexity index is 935. The molecule has 0 unspecified atom stereocenters. The highest BCUT2D eigenvalue weighted by molar-refractivity contribution is 5.94. The maximum atomic E-state index is 12.8. The molecule has 0 radical (unpaired) electrons. The van der Waals surface area contributed by atoms with Crippen LogP contribution in [0.15, 0.2) is 60.9 Å². The maximum absolute atomic E-state index is 12.8. The van der Waals surface area contributed by atoms with Crippen molar-refractivity contribution in [2.24, 2.45) is 0 Å². The number of ether oxygens (including phenoxy) is 2. The van der Waals surface area contributed by atoms with Crippen molar-refractivity contribution in [3.05, 3.63) is 72.1 Å². The molecule has 146 valence electrons. The van der Waals surface area contributed by atoms with E-state index in [1.165, 1.54) is 0 Å². The first-order chi connectivity index (χ1) is 13.5. The minimum Gasteiger partial charge on any atom is -0.493 e. The van der Waals surface area contributed by atoms with Crippen LogP contribution in [0.25, 0.3) is 5.69 Å². The Balaban J connectivity index is 1.72. The van der Waals surface area contributed by atoms with Gasteiger partial charge in [0, 0.05) is 30.9 Å². The maximum Gasteiger partial charge on any atom is 0.254 e. The molecule has 3 rings (SSSR count). The molecule has 0 atom stereocenters. The standard InChI is InChI=1S/C22H25N3O3/c1-16(2)28-20-11-10-18(12-21(20)27-4)22(26)24(3)14-17-13-23-25(15-17)19-8-6-5-7-9-19/h5-13,15-16H,14H2,1-4H3. The molecule has 28 heavy (non-hydrogen) atoms. The number of carbonyl (C=O) groups is 1. The number of methoxy groups -OCH3 is 1. The third-order valence-electron chi connectivity index (χ3n) is 4.20. The number of hydrogen-bond acceptors (Lipinski definition) is 4. The Labute approximate surface area is 165 Å². The van der Waals surface area contributed by atoms with Gasteiger partial charge in [0.1, 0.15) is 0 Å². The average molecular weight is 379 g/mol. The summed E-state index contributed by atoms with van der Waals surface area (Å²) < 4.78 is 12.9. The zero-order valence-corrected chi connectivity index (χ0v) is 16.6. The molecule has 0 bridgehead atoms. The summed E-state index contributed by atoms with van der Waals surface area (Å²) in [6, 6.07) is 15.1. The normalized spacial score (nSPS) is 10.8. The summed E-state index contributed by atoms with van der Waals surface area (Å²) in [5, 5.41) is 4.38. The summed E-state index contributed by atoms with van der Waals surface area (Å²) in [7, 11) is 3.34. The van der Waals surface area contributed by atoms with Gasteiger partial charge in [0.15, 0.2) is 11.5 Å². The van der Waals surface area contributed by atoms with Crippen LogP contribution in [-0.4, -0.2) is 40.8 Å². The first-order valence-corrected chi connectivity index (χ1v) is 9.17. The second-order valence-corrected chi connectivity index (χ2v) is 6.82. The highest BCUT2D eigenvalue weighted by Crippen LogP contribution is 2.29. The SMILES string of the molecule is COc1cc(C(=O)N(C)Cc2cnn(-c3ccccc3)c2)ccc1OC(C)C. The second kappa shape index (κ2) is 8.61. The third kappa shape index (κ3) is 4.52. The summed E-state index contributed by atoms with van der Waals surface area (Å²) >= 11 is 0. The molecule has 3 aromatic rings. The minimum absolute atomic E-state index is 0.0271. The lowest BCUT2D eigenvalue weighted by Gasteiger charge is -2.18. The molecule has 0 fully saturated rings. The molecule has 1 aromatic heterocycles. The zero-order valence-electron chi connectivity index (χ0n) is 16.6. The highest BCUT2D eigenvalue weighted by Gasteiger charge is 2.16. The van der Waals surface area contributed by atoms with Gasteiger partial charge in [-0.1, -0.05) is 18.2 Å². The molecule has 0 N–H and O–H groups in total. The van der Waals surface area contributed by atoms with Crippen LogP contribution in [0, 0.1) is 0 Å². The summed E-state index contributed by atoms with van der Waals surface area (Å²) in [5.41, 5.74) is 2.48. The fourth-order valence-electron chi connectivity index (χ4n) is 2.88. The van der Waals surface area contributed by atoms with Crippen molar-refractivity contribution < 1.29 is 14.3 Å². The van der Waals surface area contributed by atoms with Crippen molar-refractivity contribution in [3.8, 4) is 17.2 Å². The van der Waals surface area contributed by atoms with Crippen LogP contribution in [0.2, 0.25) is 0 Å². The van der Waals surface area contributed by atoms with Crippen LogP contribution in [0.3, 0.4) is 0 Å². The van der Waals surface area contributed by atoms with Crippen LogP contribution >= 0.6 is 0 Å². The van der Waals surface area contributed by atoms with E-state index in [1.54, 1.807) is 48.1 Å². The predicted octanol–water partition coefficient (Wildman–Crippen LogP) is 3.94. The number of aromatic nitrogens is 2. The molecule has 1 heterocycles. The molecule has 1 amide bonds.